The number of Topliss-reactive ketones (excluding diaryl/α,β-unsaturated/α-hetero) is 1. The predicted molar refractivity (Wildman–Crippen MR) is 76.9 cm³/mol. The van der Waals surface area contributed by atoms with Crippen LogP contribution in [-0.4, -0.2) is 12.3 Å². The van der Waals surface area contributed by atoms with E-state index in [9.17, 15) is 4.79 Å². The number of carbonyl (C=O) groups is 1. The van der Waals surface area contributed by atoms with Gasteiger partial charge in [-0.2, -0.15) is 0 Å². The molecule has 0 radical (unpaired) electrons. The minimum Gasteiger partial charge on any atom is -0.330 e. The lowest BCUT2D eigenvalue weighted by Crippen LogP contribution is -2.25. The lowest BCUT2D eigenvalue weighted by molar-refractivity contribution is 0.0909. The van der Waals surface area contributed by atoms with Crippen molar-refractivity contribution in [1.82, 2.24) is 0 Å². The van der Waals surface area contributed by atoms with Gasteiger partial charge >= 0.3 is 0 Å². The molecule has 2 heteroatoms. The Morgan fingerprint density at radius 2 is 1.67 bits per heavy atom. The van der Waals surface area contributed by atoms with E-state index in [4.69, 9.17) is 5.73 Å². The molecule has 0 fully saturated rings. The van der Waals surface area contributed by atoms with Crippen LogP contribution in [0, 0.1) is 11.8 Å². The molecular weight excluding hydrogens is 222 g/mol. The summed E-state index contributed by atoms with van der Waals surface area (Å²) in [5.41, 5.74) is 7.77. The molecule has 0 saturated carbocycles. The second-order valence-electron chi connectivity index (χ2n) is 5.70. The molecule has 1 aromatic rings. The summed E-state index contributed by atoms with van der Waals surface area (Å²) in [6.07, 6.45) is 0.862. The van der Waals surface area contributed by atoms with Crippen LogP contribution in [0.25, 0.3) is 0 Å². The van der Waals surface area contributed by atoms with Gasteiger partial charge in [0.25, 0.3) is 0 Å². The number of carbonyl (C=O) groups excluding carboxylic acids is 1. The first-order valence-corrected chi connectivity index (χ1v) is 6.80. The van der Waals surface area contributed by atoms with Gasteiger partial charge in [-0.3, -0.25) is 4.79 Å². The zero-order valence-electron chi connectivity index (χ0n) is 11.9. The van der Waals surface area contributed by atoms with Crippen molar-refractivity contribution in [2.45, 2.75) is 40.0 Å². The summed E-state index contributed by atoms with van der Waals surface area (Å²) in [5.74, 6) is 1.13. The van der Waals surface area contributed by atoms with E-state index in [-0.39, 0.29) is 11.7 Å². The number of nitrogens with two attached hydrogens (primary N) is 1. The third-order valence-electron chi connectivity index (χ3n) is 3.27. The van der Waals surface area contributed by atoms with E-state index in [0.717, 1.165) is 12.0 Å². The summed E-state index contributed by atoms with van der Waals surface area (Å²) in [4.78, 5) is 12.3. The fraction of sp³-hybridized carbons (Fsp3) is 0.562. The minimum absolute atomic E-state index is 0.0464. The van der Waals surface area contributed by atoms with E-state index in [2.05, 4.69) is 27.7 Å². The van der Waals surface area contributed by atoms with Gasteiger partial charge in [-0.05, 0) is 23.8 Å². The summed E-state index contributed by atoms with van der Waals surface area (Å²) < 4.78 is 0. The van der Waals surface area contributed by atoms with Crippen LogP contribution < -0.4 is 5.73 Å². The molecule has 0 heterocycles. The van der Waals surface area contributed by atoms with Crippen molar-refractivity contribution >= 4 is 5.78 Å². The van der Waals surface area contributed by atoms with Crippen molar-refractivity contribution in [3.05, 3.63) is 35.4 Å². The molecule has 0 bridgehead atoms. The number of rotatable bonds is 6. The first-order valence-electron chi connectivity index (χ1n) is 6.80. The highest BCUT2D eigenvalue weighted by Crippen LogP contribution is 2.19. The molecule has 1 rings (SSSR count). The Labute approximate surface area is 111 Å². The van der Waals surface area contributed by atoms with Crippen LogP contribution in [-0.2, 0) is 0 Å². The zero-order valence-corrected chi connectivity index (χ0v) is 11.9. The van der Waals surface area contributed by atoms with Gasteiger partial charge in [0.1, 0.15) is 0 Å². The van der Waals surface area contributed by atoms with Crippen LogP contribution in [0.5, 0.6) is 0 Å². The standard InChI is InChI=1S/C16H25NO/c1-11(2)9-15(10-17)16(18)14-7-5-13(6-8-14)12(3)4/h5-8,11-12,15H,9-10,17H2,1-4H3. The third-order valence-corrected chi connectivity index (χ3v) is 3.27. The van der Waals surface area contributed by atoms with Crippen LogP contribution in [0.15, 0.2) is 24.3 Å². The molecule has 1 aromatic carbocycles. The third kappa shape index (κ3) is 3.95. The molecule has 1 atom stereocenters. The lowest BCUT2D eigenvalue weighted by atomic mass is 9.89. The minimum atomic E-state index is -0.0464. The topological polar surface area (TPSA) is 43.1 Å². The van der Waals surface area contributed by atoms with Crippen molar-refractivity contribution in [3.63, 3.8) is 0 Å². The van der Waals surface area contributed by atoms with Crippen LogP contribution in [0.4, 0.5) is 0 Å². The summed E-state index contributed by atoms with van der Waals surface area (Å²) in [5, 5.41) is 0. The average Bonchev–Trinajstić information content (AvgIpc) is 2.35. The van der Waals surface area contributed by atoms with Gasteiger partial charge in [-0.1, -0.05) is 52.0 Å². The number of hydrogen-bond donors (Lipinski definition) is 1. The molecular formula is C16H25NO. The highest BCUT2D eigenvalue weighted by Gasteiger charge is 2.19. The lowest BCUT2D eigenvalue weighted by Gasteiger charge is -2.16. The van der Waals surface area contributed by atoms with E-state index in [1.165, 1.54) is 5.56 Å². The van der Waals surface area contributed by atoms with E-state index >= 15 is 0 Å². The van der Waals surface area contributed by atoms with Crippen molar-refractivity contribution < 1.29 is 4.79 Å². The molecule has 18 heavy (non-hydrogen) atoms. The number of benzene rings is 1. The van der Waals surface area contributed by atoms with E-state index < -0.39 is 0 Å². The fourth-order valence-corrected chi connectivity index (χ4v) is 2.15. The molecule has 0 amide bonds. The monoisotopic (exact) mass is 247 g/mol. The fourth-order valence-electron chi connectivity index (χ4n) is 2.15. The zero-order chi connectivity index (χ0) is 13.7. The quantitative estimate of drug-likeness (QED) is 0.780. The molecule has 0 aliphatic rings. The Balaban J connectivity index is 2.82. The van der Waals surface area contributed by atoms with E-state index in [1.54, 1.807) is 0 Å². The molecule has 1 unspecified atom stereocenters. The predicted octanol–water partition coefficient (Wildman–Crippen LogP) is 3.61. The van der Waals surface area contributed by atoms with Crippen LogP contribution in [0.3, 0.4) is 0 Å². The molecule has 0 aromatic heterocycles. The van der Waals surface area contributed by atoms with Crippen LogP contribution >= 0.6 is 0 Å². The first kappa shape index (κ1) is 14.9. The summed E-state index contributed by atoms with van der Waals surface area (Å²) >= 11 is 0. The van der Waals surface area contributed by atoms with Gasteiger partial charge in [0.2, 0.25) is 0 Å². The highest BCUT2D eigenvalue weighted by atomic mass is 16.1. The normalized spacial score (nSPS) is 13.1. The van der Waals surface area contributed by atoms with Crippen LogP contribution in [0.1, 0.15) is 56.0 Å². The Morgan fingerprint density at radius 1 is 1.11 bits per heavy atom. The Bertz CT molecular complexity index is 379. The van der Waals surface area contributed by atoms with Crippen LogP contribution in [0.2, 0.25) is 0 Å². The highest BCUT2D eigenvalue weighted by molar-refractivity contribution is 5.98. The van der Waals surface area contributed by atoms with E-state index in [0.29, 0.717) is 18.4 Å². The van der Waals surface area contributed by atoms with Gasteiger partial charge in [-0.15, -0.1) is 0 Å². The van der Waals surface area contributed by atoms with E-state index in [1.807, 2.05) is 24.3 Å². The Morgan fingerprint density at radius 3 is 2.06 bits per heavy atom. The van der Waals surface area contributed by atoms with Crippen molar-refractivity contribution in [2.75, 3.05) is 6.54 Å². The number of ketones is 1. The molecule has 2 N–H and O–H groups in total. The maximum Gasteiger partial charge on any atom is 0.167 e. The Kier molecular flexibility index (Phi) is 5.54. The van der Waals surface area contributed by atoms with Crippen molar-refractivity contribution in [3.8, 4) is 0 Å². The second kappa shape index (κ2) is 6.69. The SMILES string of the molecule is CC(C)CC(CN)C(=O)c1ccc(C(C)C)cc1. The van der Waals surface area contributed by atoms with Gasteiger partial charge < -0.3 is 5.73 Å². The van der Waals surface area contributed by atoms with Crippen molar-refractivity contribution in [1.29, 1.82) is 0 Å². The number of hydrogen-bond acceptors (Lipinski definition) is 2. The largest absolute Gasteiger partial charge is 0.330 e. The second-order valence-corrected chi connectivity index (χ2v) is 5.70. The molecule has 0 saturated heterocycles. The van der Waals surface area contributed by atoms with Gasteiger partial charge in [0.05, 0.1) is 0 Å². The maximum atomic E-state index is 12.3. The van der Waals surface area contributed by atoms with Gasteiger partial charge in [0.15, 0.2) is 5.78 Å². The van der Waals surface area contributed by atoms with Crippen molar-refractivity contribution in [2.24, 2.45) is 17.6 Å². The molecule has 0 aliphatic heterocycles. The first-order chi connectivity index (χ1) is 8.45. The summed E-state index contributed by atoms with van der Waals surface area (Å²) in [6.45, 7) is 8.98. The maximum absolute atomic E-state index is 12.3. The smallest absolute Gasteiger partial charge is 0.167 e. The molecule has 0 aliphatic carbocycles. The summed E-state index contributed by atoms with van der Waals surface area (Å²) in [7, 11) is 0. The van der Waals surface area contributed by atoms with Gasteiger partial charge in [-0.25, -0.2) is 0 Å². The molecule has 2 nitrogen and oxygen atoms in total. The average molecular weight is 247 g/mol. The summed E-state index contributed by atoms with van der Waals surface area (Å²) in [6, 6.07) is 7.95. The molecule has 0 spiro atoms. The van der Waals surface area contributed by atoms with Gasteiger partial charge in [0, 0.05) is 18.0 Å². The molecule has 100 valence electrons. The Hall–Kier alpha value is -1.15.